The minimum absolute atomic E-state index is 1.04. The van der Waals surface area contributed by atoms with E-state index in [1.807, 2.05) is 6.07 Å². The first-order valence-corrected chi connectivity index (χ1v) is 12.2. The van der Waals surface area contributed by atoms with Gasteiger partial charge in [-0.15, -0.1) is 0 Å². The maximum Gasteiger partial charge on any atom is 0.0540 e. The van der Waals surface area contributed by atoms with Crippen LogP contribution < -0.4 is 10.2 Å². The summed E-state index contributed by atoms with van der Waals surface area (Å²) in [7, 11) is 0. The first-order chi connectivity index (χ1) is 17.8. The van der Waals surface area contributed by atoms with Crippen molar-refractivity contribution in [3.63, 3.8) is 0 Å². The van der Waals surface area contributed by atoms with Crippen LogP contribution in [0, 0.1) is 0 Å². The van der Waals surface area contributed by atoms with Gasteiger partial charge in [0.05, 0.1) is 5.69 Å². The van der Waals surface area contributed by atoms with Crippen LogP contribution in [0.25, 0.3) is 21.9 Å². The third-order valence-electron chi connectivity index (χ3n) is 6.41. The number of anilines is 5. The average molecular weight is 463 g/mol. The fraction of sp³-hybridized carbons (Fsp3) is 0. The number of hydrogen-bond acceptors (Lipinski definition) is 2. The summed E-state index contributed by atoms with van der Waals surface area (Å²) in [5, 5.41) is 6.04. The van der Waals surface area contributed by atoms with Crippen molar-refractivity contribution in [2.75, 3.05) is 10.2 Å². The summed E-state index contributed by atoms with van der Waals surface area (Å²) in [6, 6.07) is 53.2. The molecule has 36 heavy (non-hydrogen) atoms. The fourth-order valence-corrected chi connectivity index (χ4v) is 4.67. The Morgan fingerprint density at radius 2 is 1.03 bits per heavy atom. The van der Waals surface area contributed by atoms with Gasteiger partial charge in [-0.05, 0) is 65.0 Å². The molecule has 0 aromatic heterocycles. The van der Waals surface area contributed by atoms with Crippen LogP contribution in [-0.4, -0.2) is 0 Å². The van der Waals surface area contributed by atoms with Crippen molar-refractivity contribution in [2.45, 2.75) is 0 Å². The molecule has 0 heterocycles. The lowest BCUT2D eigenvalue weighted by Gasteiger charge is -2.27. The quantitative estimate of drug-likeness (QED) is 0.265. The number of rotatable bonds is 6. The zero-order chi connectivity index (χ0) is 24.2. The Morgan fingerprint density at radius 3 is 1.83 bits per heavy atom. The summed E-state index contributed by atoms with van der Waals surface area (Å²) in [4.78, 5) is 2.33. The van der Waals surface area contributed by atoms with Gasteiger partial charge in [-0.2, -0.15) is 0 Å². The highest BCUT2D eigenvalue weighted by atomic mass is 15.1. The lowest BCUT2D eigenvalue weighted by Crippen LogP contribution is -2.10. The van der Waals surface area contributed by atoms with Gasteiger partial charge in [0.1, 0.15) is 0 Å². The highest BCUT2D eigenvalue weighted by molar-refractivity contribution is 5.99. The van der Waals surface area contributed by atoms with Crippen LogP contribution in [0.2, 0.25) is 0 Å². The molecular formula is C34H26N2. The number of hydrogen-bond donors (Lipinski definition) is 1. The molecule has 172 valence electrons. The number of para-hydroxylation sites is 1. The van der Waals surface area contributed by atoms with Crippen molar-refractivity contribution < 1.29 is 0 Å². The number of benzene rings is 6. The molecule has 0 radical (unpaired) electrons. The summed E-state index contributed by atoms with van der Waals surface area (Å²) in [6.07, 6.45) is 0. The second-order valence-electron chi connectivity index (χ2n) is 8.79. The summed E-state index contributed by atoms with van der Waals surface area (Å²) >= 11 is 0. The predicted octanol–water partition coefficient (Wildman–Crippen LogP) is 9.72. The normalized spacial score (nSPS) is 10.8. The van der Waals surface area contributed by atoms with E-state index in [0.29, 0.717) is 0 Å². The number of nitrogens with one attached hydrogen (secondary N) is 1. The van der Waals surface area contributed by atoms with Crippen molar-refractivity contribution in [3.8, 4) is 11.1 Å². The predicted molar refractivity (Wildman–Crippen MR) is 154 cm³/mol. The maximum atomic E-state index is 3.59. The second kappa shape index (κ2) is 9.81. The largest absolute Gasteiger partial charge is 0.355 e. The van der Waals surface area contributed by atoms with E-state index in [4.69, 9.17) is 0 Å². The third kappa shape index (κ3) is 4.45. The summed E-state index contributed by atoms with van der Waals surface area (Å²) in [5.74, 6) is 0. The molecule has 0 saturated heterocycles. The molecule has 0 spiro atoms. The highest BCUT2D eigenvalue weighted by Gasteiger charge is 2.15. The molecule has 0 unspecified atom stereocenters. The minimum Gasteiger partial charge on any atom is -0.355 e. The molecule has 0 aliphatic rings. The number of fused-ring (bicyclic) bond motifs is 1. The molecule has 0 fully saturated rings. The van der Waals surface area contributed by atoms with E-state index in [9.17, 15) is 0 Å². The van der Waals surface area contributed by atoms with Gasteiger partial charge in [0.15, 0.2) is 0 Å². The van der Waals surface area contributed by atoms with Crippen LogP contribution in [0.5, 0.6) is 0 Å². The van der Waals surface area contributed by atoms with Crippen LogP contribution in [0.1, 0.15) is 0 Å². The van der Waals surface area contributed by atoms with Gasteiger partial charge in [-0.1, -0.05) is 103 Å². The second-order valence-corrected chi connectivity index (χ2v) is 8.79. The topological polar surface area (TPSA) is 15.3 Å². The molecule has 1 N–H and O–H groups in total. The molecule has 6 rings (SSSR count). The Kier molecular flexibility index (Phi) is 5.91. The van der Waals surface area contributed by atoms with Crippen molar-refractivity contribution in [1.82, 2.24) is 0 Å². The van der Waals surface area contributed by atoms with Crippen LogP contribution in [0.3, 0.4) is 0 Å². The third-order valence-corrected chi connectivity index (χ3v) is 6.41. The van der Waals surface area contributed by atoms with E-state index >= 15 is 0 Å². The number of nitrogens with zero attached hydrogens (tertiary/aromatic N) is 1. The van der Waals surface area contributed by atoms with Crippen molar-refractivity contribution in [2.24, 2.45) is 0 Å². The Balaban J connectivity index is 1.36. The van der Waals surface area contributed by atoms with Gasteiger partial charge in [0.25, 0.3) is 0 Å². The molecule has 0 bridgehead atoms. The van der Waals surface area contributed by atoms with Crippen molar-refractivity contribution in [1.29, 1.82) is 0 Å². The first-order valence-electron chi connectivity index (χ1n) is 12.2. The van der Waals surface area contributed by atoms with E-state index in [2.05, 4.69) is 156 Å². The molecular weight excluding hydrogens is 436 g/mol. The van der Waals surface area contributed by atoms with Gasteiger partial charge < -0.3 is 10.2 Å². The highest BCUT2D eigenvalue weighted by Crippen LogP contribution is 2.39. The molecule has 6 aromatic rings. The van der Waals surface area contributed by atoms with Crippen LogP contribution in [0.4, 0.5) is 28.4 Å². The average Bonchev–Trinajstić information content (AvgIpc) is 2.95. The van der Waals surface area contributed by atoms with Crippen molar-refractivity contribution in [3.05, 3.63) is 152 Å². The standard InChI is InChI=1S/C34H26N2/c1-3-11-26(12-4-1)27-21-23-29(24-22-27)35-30-15-10-18-32(25-30)36(31-16-5-2-6-17-31)34-20-9-14-28-13-7-8-19-33(28)34/h1-25,35H. The van der Waals surface area contributed by atoms with E-state index in [1.165, 1.54) is 21.9 Å². The van der Waals surface area contributed by atoms with Gasteiger partial charge in [0.2, 0.25) is 0 Å². The molecule has 0 aliphatic carbocycles. The van der Waals surface area contributed by atoms with Crippen LogP contribution >= 0.6 is 0 Å². The zero-order valence-electron chi connectivity index (χ0n) is 19.9. The summed E-state index contributed by atoms with van der Waals surface area (Å²) in [6.45, 7) is 0. The van der Waals surface area contributed by atoms with Gasteiger partial charge >= 0.3 is 0 Å². The molecule has 6 aromatic carbocycles. The Hall–Kier alpha value is -4.82. The maximum absolute atomic E-state index is 3.59. The molecule has 0 saturated carbocycles. The Bertz CT molecular complexity index is 1580. The Morgan fingerprint density at radius 1 is 0.417 bits per heavy atom. The summed E-state index contributed by atoms with van der Waals surface area (Å²) < 4.78 is 0. The van der Waals surface area contributed by atoms with Crippen LogP contribution in [-0.2, 0) is 0 Å². The summed E-state index contributed by atoms with van der Waals surface area (Å²) in [5.41, 5.74) is 7.91. The first kappa shape index (κ1) is 21.7. The molecule has 0 aliphatic heterocycles. The Labute approximate surface area is 212 Å². The minimum atomic E-state index is 1.04. The monoisotopic (exact) mass is 462 g/mol. The van der Waals surface area contributed by atoms with Crippen molar-refractivity contribution >= 4 is 39.2 Å². The lowest BCUT2D eigenvalue weighted by molar-refractivity contribution is 1.30. The smallest absolute Gasteiger partial charge is 0.0540 e. The van der Waals surface area contributed by atoms with E-state index in [-0.39, 0.29) is 0 Å². The zero-order valence-corrected chi connectivity index (χ0v) is 19.9. The van der Waals surface area contributed by atoms with E-state index < -0.39 is 0 Å². The fourth-order valence-electron chi connectivity index (χ4n) is 4.67. The molecule has 0 amide bonds. The SMILES string of the molecule is c1ccc(-c2ccc(Nc3cccc(N(c4ccccc4)c4cccc5ccccc45)c3)cc2)cc1. The van der Waals surface area contributed by atoms with Gasteiger partial charge in [-0.25, -0.2) is 0 Å². The van der Waals surface area contributed by atoms with E-state index in [0.717, 1.165) is 28.4 Å². The lowest BCUT2D eigenvalue weighted by atomic mass is 10.1. The molecule has 2 nitrogen and oxygen atoms in total. The van der Waals surface area contributed by atoms with Gasteiger partial charge in [-0.3, -0.25) is 0 Å². The van der Waals surface area contributed by atoms with E-state index in [1.54, 1.807) is 0 Å². The van der Waals surface area contributed by atoms with Crippen LogP contribution in [0.15, 0.2) is 152 Å². The van der Waals surface area contributed by atoms with Gasteiger partial charge in [0, 0.05) is 28.1 Å². The molecule has 2 heteroatoms. The molecule has 0 atom stereocenters.